The van der Waals surface area contributed by atoms with E-state index in [9.17, 15) is 14.4 Å². The van der Waals surface area contributed by atoms with Gasteiger partial charge >= 0.3 is 17.9 Å². The van der Waals surface area contributed by atoms with Gasteiger partial charge in [0.05, 0.1) is 0 Å². The van der Waals surface area contributed by atoms with Crippen LogP contribution in [0.15, 0.2) is 12.2 Å². The second kappa shape index (κ2) is 47.3. The molecule has 0 aromatic carbocycles. The van der Waals surface area contributed by atoms with Crippen LogP contribution in [0.5, 0.6) is 0 Å². The topological polar surface area (TPSA) is 105 Å². The molecule has 0 aliphatic carbocycles. The number of esters is 3. The quantitative estimate of drug-likeness (QED) is 0.0289. The minimum Gasteiger partial charge on any atom is -0.462 e. The van der Waals surface area contributed by atoms with Crippen molar-refractivity contribution < 1.29 is 28.6 Å². The molecule has 2 atom stereocenters. The fourth-order valence-corrected chi connectivity index (χ4v) is 6.30. The lowest BCUT2D eigenvalue weighted by Gasteiger charge is -2.18. The van der Waals surface area contributed by atoms with Crippen molar-refractivity contribution in [3.05, 3.63) is 12.2 Å². The number of unbranched alkanes of at least 4 members (excludes halogenated alkanes) is 18. The van der Waals surface area contributed by atoms with E-state index in [0.717, 1.165) is 89.9 Å². The van der Waals surface area contributed by atoms with Crippen molar-refractivity contribution in [2.45, 2.75) is 260 Å². The largest absolute Gasteiger partial charge is 0.462 e. The molecule has 0 aromatic heterocycles. The zero-order valence-electron chi connectivity index (χ0n) is 35.9. The molecule has 322 valence electrons. The number of hydrogen-bond acceptors (Lipinski definition) is 7. The Kier molecular flexibility index (Phi) is 49.4. The SMILES string of the molecule is C.CCCCC(CCC)OC(=O)CCCN.CCCCCC/C=C\COC(=O)CCCCCCCC(=O)OC(CCCCCCC)CCCCCCCC. The van der Waals surface area contributed by atoms with Crippen LogP contribution < -0.4 is 5.73 Å². The maximum absolute atomic E-state index is 12.5. The number of ether oxygens (including phenoxy) is 3. The molecule has 0 fully saturated rings. The van der Waals surface area contributed by atoms with E-state index >= 15 is 0 Å². The van der Waals surface area contributed by atoms with E-state index in [0.29, 0.717) is 32.4 Å². The van der Waals surface area contributed by atoms with Gasteiger partial charge in [0.2, 0.25) is 0 Å². The first-order valence-corrected chi connectivity index (χ1v) is 22.8. The van der Waals surface area contributed by atoms with Crippen LogP contribution in [0.4, 0.5) is 0 Å². The van der Waals surface area contributed by atoms with Crippen LogP contribution in [0, 0.1) is 0 Å². The van der Waals surface area contributed by atoms with E-state index < -0.39 is 0 Å². The van der Waals surface area contributed by atoms with Crippen molar-refractivity contribution in [2.75, 3.05) is 13.2 Å². The van der Waals surface area contributed by atoms with Crippen LogP contribution in [0.25, 0.3) is 0 Å². The second-order valence-electron chi connectivity index (χ2n) is 15.1. The van der Waals surface area contributed by atoms with E-state index in [4.69, 9.17) is 19.9 Å². The third-order valence-electron chi connectivity index (χ3n) is 9.67. The minimum atomic E-state index is -0.102. The summed E-state index contributed by atoms with van der Waals surface area (Å²) in [5.74, 6) is -0.207. The summed E-state index contributed by atoms with van der Waals surface area (Å²) in [5.41, 5.74) is 5.34. The second-order valence-corrected chi connectivity index (χ2v) is 15.1. The van der Waals surface area contributed by atoms with Gasteiger partial charge in [0.25, 0.3) is 0 Å². The first kappa shape index (κ1) is 56.4. The number of hydrogen-bond donors (Lipinski definition) is 1. The van der Waals surface area contributed by atoms with Gasteiger partial charge in [0.1, 0.15) is 18.8 Å². The van der Waals surface area contributed by atoms with Crippen molar-refractivity contribution in [1.82, 2.24) is 0 Å². The molecule has 54 heavy (non-hydrogen) atoms. The Morgan fingerprint density at radius 2 is 0.852 bits per heavy atom. The van der Waals surface area contributed by atoms with Crippen LogP contribution in [-0.4, -0.2) is 43.3 Å². The molecule has 7 nitrogen and oxygen atoms in total. The van der Waals surface area contributed by atoms with Crippen LogP contribution in [0.1, 0.15) is 248 Å². The third-order valence-corrected chi connectivity index (χ3v) is 9.67. The lowest BCUT2D eigenvalue weighted by atomic mass is 10.0. The summed E-state index contributed by atoms with van der Waals surface area (Å²) in [5, 5.41) is 0. The predicted molar refractivity (Wildman–Crippen MR) is 232 cm³/mol. The summed E-state index contributed by atoms with van der Waals surface area (Å²) in [6.07, 6.45) is 38.8. The van der Waals surface area contributed by atoms with Gasteiger partial charge in [-0.15, -0.1) is 0 Å². The predicted octanol–water partition coefficient (Wildman–Crippen LogP) is 14.1. The summed E-state index contributed by atoms with van der Waals surface area (Å²) in [6, 6.07) is 0. The molecule has 0 aromatic rings. The van der Waals surface area contributed by atoms with Gasteiger partial charge in [-0.3, -0.25) is 14.4 Å². The molecule has 2 unspecified atom stereocenters. The van der Waals surface area contributed by atoms with Crippen LogP contribution >= 0.6 is 0 Å². The maximum atomic E-state index is 12.5. The number of carbonyl (C=O) groups is 3. The maximum Gasteiger partial charge on any atom is 0.306 e. The minimum absolute atomic E-state index is 0. The first-order chi connectivity index (χ1) is 25.9. The molecule has 7 heteroatoms. The Hall–Kier alpha value is -1.89. The standard InChI is InChI=1S/C34H64O4.C12H25NO2.CH4/c1-4-7-10-13-15-21-26-31-37-33(35)29-24-19-16-20-25-30-34(36)38-32(27-22-17-12-9-6-3)28-23-18-14-11-8-5-2;1-3-5-8-11(7-4-2)15-12(14)9-6-10-13;/h21,26,32H,4-20,22-25,27-31H2,1-3H3;11H,3-10,13H2,1-2H3;1H4/b26-21-;;. The lowest BCUT2D eigenvalue weighted by Crippen LogP contribution is -2.18. The molecule has 0 radical (unpaired) electrons. The van der Waals surface area contributed by atoms with Gasteiger partial charge in [-0.05, 0) is 77.2 Å². The smallest absolute Gasteiger partial charge is 0.306 e. The highest BCUT2D eigenvalue weighted by molar-refractivity contribution is 5.70. The molecule has 0 rings (SSSR count). The van der Waals surface area contributed by atoms with Crippen molar-refractivity contribution in [3.8, 4) is 0 Å². The molecule has 0 saturated heterocycles. The molecule has 0 saturated carbocycles. The molecule has 0 bridgehead atoms. The highest BCUT2D eigenvalue weighted by Gasteiger charge is 2.15. The van der Waals surface area contributed by atoms with Crippen LogP contribution in [0.3, 0.4) is 0 Å². The van der Waals surface area contributed by atoms with Gasteiger partial charge in [-0.25, -0.2) is 0 Å². The third kappa shape index (κ3) is 44.5. The number of carbonyl (C=O) groups excluding carboxylic acids is 3. The molecule has 0 aliphatic rings. The van der Waals surface area contributed by atoms with Crippen molar-refractivity contribution in [3.63, 3.8) is 0 Å². The lowest BCUT2D eigenvalue weighted by molar-refractivity contribution is -0.151. The summed E-state index contributed by atoms with van der Waals surface area (Å²) < 4.78 is 16.6. The Labute approximate surface area is 336 Å². The summed E-state index contributed by atoms with van der Waals surface area (Å²) in [4.78, 5) is 35.7. The van der Waals surface area contributed by atoms with Gasteiger partial charge in [0.15, 0.2) is 0 Å². The Bertz CT molecular complexity index is 816. The summed E-state index contributed by atoms with van der Waals surface area (Å²) in [6.45, 7) is 11.9. The Morgan fingerprint density at radius 1 is 0.444 bits per heavy atom. The summed E-state index contributed by atoms with van der Waals surface area (Å²) in [7, 11) is 0. The highest BCUT2D eigenvalue weighted by atomic mass is 16.5. The van der Waals surface area contributed by atoms with E-state index in [2.05, 4.69) is 40.7 Å². The van der Waals surface area contributed by atoms with Gasteiger partial charge in [-0.2, -0.15) is 0 Å². The van der Waals surface area contributed by atoms with Gasteiger partial charge in [-0.1, -0.05) is 170 Å². The van der Waals surface area contributed by atoms with Gasteiger partial charge in [0, 0.05) is 19.3 Å². The molecule has 0 amide bonds. The van der Waals surface area contributed by atoms with E-state index in [1.165, 1.54) is 96.3 Å². The molecular weight excluding hydrogens is 675 g/mol. The van der Waals surface area contributed by atoms with Gasteiger partial charge < -0.3 is 19.9 Å². The highest BCUT2D eigenvalue weighted by Crippen LogP contribution is 2.18. The number of nitrogens with two attached hydrogens (primary N) is 1. The van der Waals surface area contributed by atoms with E-state index in [-0.39, 0.29) is 37.5 Å². The fraction of sp³-hybridized carbons (Fsp3) is 0.894. The molecule has 0 aliphatic heterocycles. The Morgan fingerprint density at radius 3 is 1.35 bits per heavy atom. The monoisotopic (exact) mass is 768 g/mol. The first-order valence-electron chi connectivity index (χ1n) is 22.8. The molecular formula is C47H93NO6. The molecule has 0 heterocycles. The van der Waals surface area contributed by atoms with Crippen LogP contribution in [0.2, 0.25) is 0 Å². The molecule has 2 N–H and O–H groups in total. The average molecular weight is 768 g/mol. The fourth-order valence-electron chi connectivity index (χ4n) is 6.30. The van der Waals surface area contributed by atoms with E-state index in [1.807, 2.05) is 6.08 Å². The van der Waals surface area contributed by atoms with Crippen molar-refractivity contribution in [1.29, 1.82) is 0 Å². The zero-order chi connectivity index (χ0) is 39.5. The van der Waals surface area contributed by atoms with Crippen molar-refractivity contribution in [2.24, 2.45) is 5.73 Å². The van der Waals surface area contributed by atoms with Crippen molar-refractivity contribution >= 4 is 17.9 Å². The molecule has 0 spiro atoms. The normalized spacial score (nSPS) is 12.0. The number of allylic oxidation sites excluding steroid dienone is 1. The Balaban J connectivity index is -0.00000136. The van der Waals surface area contributed by atoms with Crippen LogP contribution in [-0.2, 0) is 28.6 Å². The summed E-state index contributed by atoms with van der Waals surface area (Å²) >= 11 is 0. The average Bonchev–Trinajstić information content (AvgIpc) is 3.15. The number of rotatable bonds is 38. The zero-order valence-corrected chi connectivity index (χ0v) is 35.9. The van der Waals surface area contributed by atoms with E-state index in [1.54, 1.807) is 0 Å².